The lowest BCUT2D eigenvalue weighted by atomic mass is 9.84. The molecule has 0 aliphatic carbocycles. The molecule has 29 heavy (non-hydrogen) atoms. The highest BCUT2D eigenvalue weighted by Crippen LogP contribution is 2.45. The van der Waals surface area contributed by atoms with Crippen molar-refractivity contribution in [2.75, 3.05) is 13.1 Å². The van der Waals surface area contributed by atoms with Crippen molar-refractivity contribution >= 4 is 28.4 Å². The predicted molar refractivity (Wildman–Crippen MR) is 115 cm³/mol. The predicted octanol–water partition coefficient (Wildman–Crippen LogP) is 4.27. The molecular formula is C23H23N3O2S. The lowest BCUT2D eigenvalue weighted by Crippen LogP contribution is -2.44. The van der Waals surface area contributed by atoms with Crippen molar-refractivity contribution < 1.29 is 13.6 Å². The zero-order valence-corrected chi connectivity index (χ0v) is 17.0. The number of amides is 1. The molecule has 5 nitrogen and oxygen atoms in total. The van der Waals surface area contributed by atoms with Crippen molar-refractivity contribution in [1.82, 2.24) is 9.88 Å². The number of thioether (sulfide) groups is 1. The number of aromatic nitrogens is 1. The standard InChI is InChI=1S/C23H23N3O2S/c1-15-7-8-17(13-24-15)16(2)20-21(27)25-22(29-20)26-11-9-23(10-12-26)19-6-4-3-5-18(19)14-28-23/h3-8,13H,9-12,14H2,1-2H3/b20-16-/i2D3. The molecule has 3 aliphatic heterocycles. The number of carbonyl (C=O) groups is 1. The summed E-state index contributed by atoms with van der Waals surface area (Å²) in [6, 6.07) is 11.8. The van der Waals surface area contributed by atoms with E-state index in [1.165, 1.54) is 17.3 Å². The van der Waals surface area contributed by atoms with Gasteiger partial charge in [-0.15, -0.1) is 0 Å². The Morgan fingerprint density at radius 3 is 2.83 bits per heavy atom. The summed E-state index contributed by atoms with van der Waals surface area (Å²) in [6.45, 7) is 1.39. The van der Waals surface area contributed by atoms with Gasteiger partial charge in [0.05, 0.1) is 17.1 Å². The zero-order valence-electron chi connectivity index (χ0n) is 19.1. The Morgan fingerprint density at radius 2 is 2.07 bits per heavy atom. The van der Waals surface area contributed by atoms with Crippen LogP contribution in [0.1, 0.15) is 46.2 Å². The number of likely N-dealkylation sites (tertiary alicyclic amines) is 1. The van der Waals surface area contributed by atoms with Crippen molar-refractivity contribution in [2.24, 2.45) is 4.99 Å². The first-order valence-corrected chi connectivity index (χ1v) is 10.5. The first kappa shape index (κ1) is 15.4. The number of hydrogen-bond acceptors (Lipinski definition) is 5. The summed E-state index contributed by atoms with van der Waals surface area (Å²) in [6.07, 6.45) is 3.10. The van der Waals surface area contributed by atoms with Crippen molar-refractivity contribution in [1.29, 1.82) is 0 Å². The van der Waals surface area contributed by atoms with Crippen LogP contribution in [0.25, 0.3) is 5.57 Å². The fourth-order valence-corrected chi connectivity index (χ4v) is 5.17. The molecule has 0 N–H and O–H groups in total. The number of carbonyl (C=O) groups excluding carboxylic acids is 1. The quantitative estimate of drug-likeness (QED) is 0.660. The molecule has 1 fully saturated rings. The SMILES string of the molecule is [2H]C([2H])([2H])/C(=C1/SC(N2CCC3(CC2)OCc2ccccc23)=NC1=O)c1ccc(C)nc1. The number of hydrogen-bond donors (Lipinski definition) is 0. The lowest BCUT2D eigenvalue weighted by Gasteiger charge is -2.39. The molecular weight excluding hydrogens is 382 g/mol. The molecule has 2 aromatic rings. The van der Waals surface area contributed by atoms with E-state index in [2.05, 4.69) is 27.0 Å². The third kappa shape index (κ3) is 3.20. The molecule has 0 atom stereocenters. The van der Waals surface area contributed by atoms with Crippen molar-refractivity contribution in [3.05, 3.63) is 69.9 Å². The first-order chi connectivity index (χ1) is 15.3. The van der Waals surface area contributed by atoms with Crippen molar-refractivity contribution in [2.45, 2.75) is 38.8 Å². The number of aryl methyl sites for hydroxylation is 1. The highest BCUT2D eigenvalue weighted by molar-refractivity contribution is 8.18. The Morgan fingerprint density at radius 1 is 1.24 bits per heavy atom. The highest BCUT2D eigenvalue weighted by atomic mass is 32.2. The molecule has 1 spiro atoms. The molecule has 0 saturated carbocycles. The van der Waals surface area contributed by atoms with Gasteiger partial charge in [-0.25, -0.2) is 0 Å². The lowest BCUT2D eigenvalue weighted by molar-refractivity contribution is -0.113. The number of pyridine rings is 1. The third-order valence-corrected chi connectivity index (χ3v) is 6.98. The molecule has 1 aromatic carbocycles. The monoisotopic (exact) mass is 408 g/mol. The van der Waals surface area contributed by atoms with E-state index >= 15 is 0 Å². The molecule has 1 amide bonds. The zero-order chi connectivity index (χ0) is 22.5. The van der Waals surface area contributed by atoms with Crippen LogP contribution in [0.2, 0.25) is 0 Å². The fourth-order valence-electron chi connectivity index (χ4n) is 4.19. The number of rotatable bonds is 1. The van der Waals surface area contributed by atoms with E-state index in [4.69, 9.17) is 8.85 Å². The van der Waals surface area contributed by atoms with Crippen LogP contribution in [0.15, 0.2) is 52.5 Å². The number of fused-ring (bicyclic) bond motifs is 2. The van der Waals surface area contributed by atoms with Gasteiger partial charge in [0.1, 0.15) is 0 Å². The molecule has 6 heteroatoms. The van der Waals surface area contributed by atoms with Crippen LogP contribution in [0, 0.1) is 6.92 Å². The number of aliphatic imine (C=N–C) groups is 1. The summed E-state index contributed by atoms with van der Waals surface area (Å²) in [7, 11) is 0. The molecule has 5 rings (SSSR count). The summed E-state index contributed by atoms with van der Waals surface area (Å²) in [5, 5.41) is 0.563. The summed E-state index contributed by atoms with van der Waals surface area (Å²) in [4.78, 5) is 23.4. The van der Waals surface area contributed by atoms with E-state index in [9.17, 15) is 4.79 Å². The maximum absolute atomic E-state index is 12.8. The van der Waals surface area contributed by atoms with Gasteiger partial charge in [0.15, 0.2) is 5.17 Å². The Hall–Kier alpha value is -2.44. The third-order valence-electron chi connectivity index (χ3n) is 5.87. The van der Waals surface area contributed by atoms with Crippen molar-refractivity contribution in [3.63, 3.8) is 0 Å². The topological polar surface area (TPSA) is 54.8 Å². The summed E-state index contributed by atoms with van der Waals surface area (Å²) in [5.41, 5.74) is 3.44. The normalized spacial score (nSPS) is 24.0. The van der Waals surface area contributed by atoms with Crippen LogP contribution >= 0.6 is 11.8 Å². The van der Waals surface area contributed by atoms with Crippen LogP contribution in [0.5, 0.6) is 0 Å². The van der Waals surface area contributed by atoms with Crippen LogP contribution < -0.4 is 0 Å². The Kier molecular flexibility index (Phi) is 3.78. The maximum Gasteiger partial charge on any atom is 0.286 e. The smallest absolute Gasteiger partial charge is 0.286 e. The largest absolute Gasteiger partial charge is 0.365 e. The molecule has 1 aromatic heterocycles. The number of allylic oxidation sites excluding steroid dienone is 1. The summed E-state index contributed by atoms with van der Waals surface area (Å²) < 4.78 is 30.3. The van der Waals surface area contributed by atoms with Gasteiger partial charge in [-0.2, -0.15) is 4.99 Å². The molecule has 0 unspecified atom stereocenters. The molecule has 0 radical (unpaired) electrons. The molecule has 4 heterocycles. The average molecular weight is 409 g/mol. The van der Waals surface area contributed by atoms with Gasteiger partial charge in [-0.3, -0.25) is 9.78 Å². The first-order valence-electron chi connectivity index (χ1n) is 11.2. The highest BCUT2D eigenvalue weighted by Gasteiger charge is 2.43. The second-order valence-electron chi connectivity index (χ2n) is 7.62. The van der Waals surface area contributed by atoms with Crippen LogP contribution in [-0.2, 0) is 21.7 Å². The number of piperidine rings is 1. The van der Waals surface area contributed by atoms with Gasteiger partial charge in [0, 0.05) is 29.1 Å². The molecule has 1 saturated heterocycles. The van der Waals surface area contributed by atoms with Crippen LogP contribution in [0.4, 0.5) is 0 Å². The Bertz CT molecular complexity index is 1130. The number of amidine groups is 1. The van der Waals surface area contributed by atoms with Crippen LogP contribution in [-0.4, -0.2) is 34.0 Å². The fraction of sp³-hybridized carbons (Fsp3) is 0.348. The van der Waals surface area contributed by atoms with E-state index in [-0.39, 0.29) is 16.1 Å². The molecule has 3 aliphatic rings. The average Bonchev–Trinajstić information content (AvgIpc) is 3.31. The van der Waals surface area contributed by atoms with Crippen molar-refractivity contribution in [3.8, 4) is 0 Å². The minimum Gasteiger partial charge on any atom is -0.365 e. The van der Waals surface area contributed by atoms with Gasteiger partial charge >= 0.3 is 0 Å². The number of ether oxygens (including phenoxy) is 1. The second-order valence-corrected chi connectivity index (χ2v) is 8.60. The number of nitrogens with zero attached hydrogens (tertiary/aromatic N) is 3. The van der Waals surface area contributed by atoms with E-state index in [0.29, 0.717) is 30.4 Å². The van der Waals surface area contributed by atoms with E-state index in [1.807, 2.05) is 19.1 Å². The van der Waals surface area contributed by atoms with E-state index in [0.717, 1.165) is 30.3 Å². The van der Waals surface area contributed by atoms with Gasteiger partial charge in [0.25, 0.3) is 5.91 Å². The van der Waals surface area contributed by atoms with Gasteiger partial charge in [-0.05, 0) is 66.7 Å². The molecule has 148 valence electrons. The van der Waals surface area contributed by atoms with Gasteiger partial charge in [-0.1, -0.05) is 30.3 Å². The molecule has 0 bridgehead atoms. The Balaban J connectivity index is 1.38. The summed E-state index contributed by atoms with van der Waals surface area (Å²) >= 11 is 1.15. The minimum absolute atomic E-state index is 0.0142. The minimum atomic E-state index is -2.45. The number of benzene rings is 1. The van der Waals surface area contributed by atoms with Crippen LogP contribution in [0.3, 0.4) is 0 Å². The Labute approximate surface area is 179 Å². The van der Waals surface area contributed by atoms with Gasteiger partial charge in [0.2, 0.25) is 0 Å². The second kappa shape index (κ2) is 7.11. The summed E-state index contributed by atoms with van der Waals surface area (Å²) in [5.74, 6) is -0.501. The maximum atomic E-state index is 12.8. The van der Waals surface area contributed by atoms with Gasteiger partial charge < -0.3 is 9.64 Å². The van der Waals surface area contributed by atoms with E-state index < -0.39 is 12.8 Å². The van der Waals surface area contributed by atoms with E-state index in [1.54, 1.807) is 12.1 Å².